The van der Waals surface area contributed by atoms with Gasteiger partial charge in [-0.1, -0.05) is 6.92 Å². The van der Waals surface area contributed by atoms with Crippen molar-refractivity contribution in [3.8, 4) is 0 Å². The molecule has 2 heteroatoms. The molecule has 1 aliphatic heterocycles. The monoisotopic (exact) mass is 156 g/mol. The lowest BCUT2D eigenvalue weighted by Crippen LogP contribution is -2.06. The molecule has 0 bridgehead atoms. The highest BCUT2D eigenvalue weighted by atomic mass is 16.5. The first-order valence-corrected chi connectivity index (χ1v) is 4.29. The number of ketones is 1. The molecule has 2 nitrogen and oxygen atoms in total. The van der Waals surface area contributed by atoms with Crippen molar-refractivity contribution in [1.29, 1.82) is 0 Å². The first-order valence-electron chi connectivity index (χ1n) is 4.29. The lowest BCUT2D eigenvalue weighted by molar-refractivity contribution is -0.117. The summed E-state index contributed by atoms with van der Waals surface area (Å²) in [5.41, 5.74) is 0. The second-order valence-corrected chi connectivity index (χ2v) is 3.54. The predicted molar refractivity (Wildman–Crippen MR) is 43.4 cm³/mol. The molecule has 0 N–H and O–H groups in total. The summed E-state index contributed by atoms with van der Waals surface area (Å²) in [6, 6.07) is 0. The van der Waals surface area contributed by atoms with E-state index in [0.29, 0.717) is 18.4 Å². The van der Waals surface area contributed by atoms with Gasteiger partial charge in [0.05, 0.1) is 6.10 Å². The van der Waals surface area contributed by atoms with E-state index in [0.717, 1.165) is 19.4 Å². The molecular weight excluding hydrogens is 140 g/mol. The first-order chi connectivity index (χ1) is 5.18. The zero-order chi connectivity index (χ0) is 8.27. The highest BCUT2D eigenvalue weighted by molar-refractivity contribution is 5.75. The summed E-state index contributed by atoms with van der Waals surface area (Å²) in [5.74, 6) is 0.958. The van der Waals surface area contributed by atoms with Crippen LogP contribution in [0.5, 0.6) is 0 Å². The van der Waals surface area contributed by atoms with Gasteiger partial charge in [-0.15, -0.1) is 0 Å². The van der Waals surface area contributed by atoms with Gasteiger partial charge in [-0.25, -0.2) is 0 Å². The van der Waals surface area contributed by atoms with E-state index in [1.54, 1.807) is 6.92 Å². The molecule has 1 fully saturated rings. The van der Waals surface area contributed by atoms with Gasteiger partial charge in [0, 0.05) is 13.0 Å². The largest absolute Gasteiger partial charge is 0.378 e. The summed E-state index contributed by atoms with van der Waals surface area (Å²) in [6.45, 7) is 4.70. The topological polar surface area (TPSA) is 26.3 Å². The van der Waals surface area contributed by atoms with E-state index in [9.17, 15) is 4.79 Å². The van der Waals surface area contributed by atoms with Crippen molar-refractivity contribution in [3.05, 3.63) is 0 Å². The van der Waals surface area contributed by atoms with Crippen LogP contribution in [0.15, 0.2) is 0 Å². The fourth-order valence-electron chi connectivity index (χ4n) is 1.45. The Bertz CT molecular complexity index is 142. The molecule has 1 aliphatic rings. The maximum Gasteiger partial charge on any atom is 0.129 e. The molecular formula is C9H16O2. The standard InChI is InChI=1S/C9H16O2/c1-7-5-9(11-6-7)4-3-8(2)10/h7,9H,3-6H2,1-2H3. The summed E-state index contributed by atoms with van der Waals surface area (Å²) in [4.78, 5) is 10.6. The summed E-state index contributed by atoms with van der Waals surface area (Å²) >= 11 is 0. The van der Waals surface area contributed by atoms with Gasteiger partial charge in [0.1, 0.15) is 5.78 Å². The zero-order valence-corrected chi connectivity index (χ0v) is 7.30. The van der Waals surface area contributed by atoms with E-state index < -0.39 is 0 Å². The van der Waals surface area contributed by atoms with Crippen molar-refractivity contribution in [2.75, 3.05) is 6.61 Å². The van der Waals surface area contributed by atoms with Crippen LogP contribution in [0.3, 0.4) is 0 Å². The molecule has 1 saturated heterocycles. The lowest BCUT2D eigenvalue weighted by atomic mass is 10.0. The number of hydrogen-bond donors (Lipinski definition) is 0. The Balaban J connectivity index is 2.13. The van der Waals surface area contributed by atoms with Gasteiger partial charge in [0.25, 0.3) is 0 Å². The average Bonchev–Trinajstić information content (AvgIpc) is 2.31. The third kappa shape index (κ3) is 3.02. The van der Waals surface area contributed by atoms with Crippen LogP contribution in [0.25, 0.3) is 0 Å². The van der Waals surface area contributed by atoms with Gasteiger partial charge in [-0.3, -0.25) is 0 Å². The highest BCUT2D eigenvalue weighted by Crippen LogP contribution is 2.21. The molecule has 0 amide bonds. The molecule has 0 spiro atoms. The van der Waals surface area contributed by atoms with Gasteiger partial charge in [-0.2, -0.15) is 0 Å². The zero-order valence-electron chi connectivity index (χ0n) is 7.30. The molecule has 0 aromatic carbocycles. The molecule has 2 unspecified atom stereocenters. The average molecular weight is 156 g/mol. The Labute approximate surface area is 67.9 Å². The number of ether oxygens (including phenoxy) is 1. The second kappa shape index (κ2) is 3.86. The SMILES string of the molecule is CC(=O)CCC1CC(C)CO1. The van der Waals surface area contributed by atoms with Crippen molar-refractivity contribution in [3.63, 3.8) is 0 Å². The summed E-state index contributed by atoms with van der Waals surface area (Å²) < 4.78 is 5.46. The number of carbonyl (C=O) groups is 1. The molecule has 0 aliphatic carbocycles. The minimum atomic E-state index is 0.271. The molecule has 1 heterocycles. The van der Waals surface area contributed by atoms with Gasteiger partial charge in [0.2, 0.25) is 0 Å². The maximum absolute atomic E-state index is 10.6. The Morgan fingerprint density at radius 2 is 2.36 bits per heavy atom. The second-order valence-electron chi connectivity index (χ2n) is 3.54. The van der Waals surface area contributed by atoms with Crippen LogP contribution < -0.4 is 0 Å². The molecule has 2 atom stereocenters. The van der Waals surface area contributed by atoms with Crippen LogP contribution in [-0.2, 0) is 9.53 Å². The maximum atomic E-state index is 10.6. The van der Waals surface area contributed by atoms with E-state index >= 15 is 0 Å². The molecule has 0 aromatic rings. The third-order valence-corrected chi connectivity index (χ3v) is 2.10. The molecule has 1 rings (SSSR count). The van der Waals surface area contributed by atoms with E-state index in [1.165, 1.54) is 0 Å². The van der Waals surface area contributed by atoms with E-state index in [4.69, 9.17) is 4.74 Å². The van der Waals surface area contributed by atoms with Crippen molar-refractivity contribution >= 4 is 5.78 Å². The van der Waals surface area contributed by atoms with Gasteiger partial charge < -0.3 is 9.53 Å². The van der Waals surface area contributed by atoms with E-state index in [2.05, 4.69) is 6.92 Å². The fraction of sp³-hybridized carbons (Fsp3) is 0.889. The van der Waals surface area contributed by atoms with E-state index in [1.807, 2.05) is 0 Å². The Kier molecular flexibility index (Phi) is 3.06. The van der Waals surface area contributed by atoms with Crippen LogP contribution in [0.4, 0.5) is 0 Å². The van der Waals surface area contributed by atoms with Crippen molar-refractivity contribution < 1.29 is 9.53 Å². The summed E-state index contributed by atoms with van der Waals surface area (Å²) in [6.07, 6.45) is 3.08. The third-order valence-electron chi connectivity index (χ3n) is 2.10. The predicted octanol–water partition coefficient (Wildman–Crippen LogP) is 1.78. The number of hydrogen-bond acceptors (Lipinski definition) is 2. The molecule has 0 radical (unpaired) electrons. The van der Waals surface area contributed by atoms with Crippen molar-refractivity contribution in [2.45, 2.75) is 39.2 Å². The smallest absolute Gasteiger partial charge is 0.129 e. The molecule has 0 aromatic heterocycles. The fourth-order valence-corrected chi connectivity index (χ4v) is 1.45. The molecule has 0 saturated carbocycles. The van der Waals surface area contributed by atoms with Crippen LogP contribution in [0.2, 0.25) is 0 Å². The number of rotatable bonds is 3. The van der Waals surface area contributed by atoms with Crippen LogP contribution in [0.1, 0.15) is 33.1 Å². The number of Topliss-reactive ketones (excluding diaryl/α,β-unsaturated/α-hetero) is 1. The quantitative estimate of drug-likeness (QED) is 0.622. The van der Waals surface area contributed by atoms with Crippen LogP contribution in [0, 0.1) is 5.92 Å². The van der Waals surface area contributed by atoms with Gasteiger partial charge in [-0.05, 0) is 25.7 Å². The van der Waals surface area contributed by atoms with Crippen molar-refractivity contribution in [2.24, 2.45) is 5.92 Å². The number of carbonyl (C=O) groups excluding carboxylic acids is 1. The lowest BCUT2D eigenvalue weighted by Gasteiger charge is -2.06. The summed E-state index contributed by atoms with van der Waals surface area (Å²) in [7, 11) is 0. The highest BCUT2D eigenvalue weighted by Gasteiger charge is 2.21. The molecule has 11 heavy (non-hydrogen) atoms. The van der Waals surface area contributed by atoms with Crippen molar-refractivity contribution in [1.82, 2.24) is 0 Å². The Morgan fingerprint density at radius 3 is 2.82 bits per heavy atom. The van der Waals surface area contributed by atoms with Crippen LogP contribution in [-0.4, -0.2) is 18.5 Å². The molecule has 64 valence electrons. The minimum Gasteiger partial charge on any atom is -0.378 e. The van der Waals surface area contributed by atoms with Gasteiger partial charge in [0.15, 0.2) is 0 Å². The normalized spacial score (nSPS) is 30.7. The minimum absolute atomic E-state index is 0.271. The van der Waals surface area contributed by atoms with E-state index in [-0.39, 0.29) is 5.78 Å². The van der Waals surface area contributed by atoms with Gasteiger partial charge >= 0.3 is 0 Å². The first kappa shape index (κ1) is 8.72. The van der Waals surface area contributed by atoms with Crippen LogP contribution >= 0.6 is 0 Å². The summed E-state index contributed by atoms with van der Waals surface area (Å²) in [5, 5.41) is 0. The Morgan fingerprint density at radius 1 is 1.64 bits per heavy atom. The Hall–Kier alpha value is -0.370.